The highest BCUT2D eigenvalue weighted by atomic mass is 15.3. The fraction of sp³-hybridized carbons (Fsp3) is 0.500. The average molecular weight is 233 g/mol. The number of hydrogen-bond donors (Lipinski definition) is 0. The lowest BCUT2D eigenvalue weighted by Crippen LogP contribution is -2.16. The lowest BCUT2D eigenvalue weighted by Gasteiger charge is -2.13. The molecule has 17 heavy (non-hydrogen) atoms. The highest BCUT2D eigenvalue weighted by molar-refractivity contribution is 5.30. The first-order valence-corrected chi connectivity index (χ1v) is 5.68. The van der Waals surface area contributed by atoms with Gasteiger partial charge in [-0.3, -0.25) is 9.25 Å². The Bertz CT molecular complexity index is 521. The molecular formula is C12H19N5. The SMILES string of the molecule is Cc1cc(-n2c(C)cnc2CN(C)C)n(C)n1. The molecule has 2 rings (SSSR count). The van der Waals surface area contributed by atoms with Crippen LogP contribution in [0.4, 0.5) is 0 Å². The highest BCUT2D eigenvalue weighted by Gasteiger charge is 2.13. The molecule has 92 valence electrons. The zero-order chi connectivity index (χ0) is 12.6. The van der Waals surface area contributed by atoms with E-state index in [0.29, 0.717) is 0 Å². The van der Waals surface area contributed by atoms with Gasteiger partial charge in [-0.05, 0) is 27.9 Å². The second-order valence-corrected chi connectivity index (χ2v) is 4.66. The first-order chi connectivity index (χ1) is 7.99. The summed E-state index contributed by atoms with van der Waals surface area (Å²) < 4.78 is 4.04. The average Bonchev–Trinajstić information content (AvgIpc) is 2.70. The quantitative estimate of drug-likeness (QED) is 0.801. The summed E-state index contributed by atoms with van der Waals surface area (Å²) in [6.45, 7) is 4.88. The van der Waals surface area contributed by atoms with Crippen molar-refractivity contribution in [3.63, 3.8) is 0 Å². The predicted octanol–water partition coefficient (Wildman–Crippen LogP) is 1.28. The van der Waals surface area contributed by atoms with Crippen LogP contribution < -0.4 is 0 Å². The zero-order valence-corrected chi connectivity index (χ0v) is 11.1. The van der Waals surface area contributed by atoms with Crippen LogP contribution in [0.3, 0.4) is 0 Å². The van der Waals surface area contributed by atoms with Gasteiger partial charge in [0.2, 0.25) is 0 Å². The molecule has 5 heteroatoms. The third kappa shape index (κ3) is 2.24. The third-order valence-electron chi connectivity index (χ3n) is 2.68. The maximum absolute atomic E-state index is 4.46. The van der Waals surface area contributed by atoms with E-state index in [9.17, 15) is 0 Å². The molecule has 0 amide bonds. The van der Waals surface area contributed by atoms with Crippen LogP contribution in [0, 0.1) is 13.8 Å². The Morgan fingerprint density at radius 3 is 2.53 bits per heavy atom. The van der Waals surface area contributed by atoms with Crippen LogP contribution in [0.1, 0.15) is 17.2 Å². The molecule has 2 heterocycles. The molecule has 0 aromatic carbocycles. The van der Waals surface area contributed by atoms with Crippen molar-refractivity contribution in [1.29, 1.82) is 0 Å². The van der Waals surface area contributed by atoms with Crippen LogP contribution in [0.25, 0.3) is 5.82 Å². The predicted molar refractivity (Wildman–Crippen MR) is 67.2 cm³/mol. The van der Waals surface area contributed by atoms with Crippen molar-refractivity contribution in [3.8, 4) is 5.82 Å². The summed E-state index contributed by atoms with van der Waals surface area (Å²) in [7, 11) is 6.05. The van der Waals surface area contributed by atoms with Gasteiger partial charge in [-0.1, -0.05) is 0 Å². The molecule has 0 spiro atoms. The van der Waals surface area contributed by atoms with E-state index in [-0.39, 0.29) is 0 Å². The van der Waals surface area contributed by atoms with Crippen molar-refractivity contribution in [2.24, 2.45) is 7.05 Å². The minimum Gasteiger partial charge on any atom is -0.302 e. The molecule has 0 bridgehead atoms. The second-order valence-electron chi connectivity index (χ2n) is 4.66. The Morgan fingerprint density at radius 2 is 2.00 bits per heavy atom. The van der Waals surface area contributed by atoms with E-state index in [1.165, 1.54) is 0 Å². The molecular weight excluding hydrogens is 214 g/mol. The minimum atomic E-state index is 0.818. The molecule has 0 unspecified atom stereocenters. The lowest BCUT2D eigenvalue weighted by molar-refractivity contribution is 0.386. The first-order valence-electron chi connectivity index (χ1n) is 5.68. The normalized spacial score (nSPS) is 11.4. The van der Waals surface area contributed by atoms with E-state index < -0.39 is 0 Å². The molecule has 0 aliphatic heterocycles. The number of nitrogens with zero attached hydrogens (tertiary/aromatic N) is 5. The van der Waals surface area contributed by atoms with Gasteiger partial charge < -0.3 is 4.90 Å². The molecule has 5 nitrogen and oxygen atoms in total. The minimum absolute atomic E-state index is 0.818. The van der Waals surface area contributed by atoms with Crippen molar-refractivity contribution < 1.29 is 0 Å². The molecule has 0 N–H and O–H groups in total. The monoisotopic (exact) mass is 233 g/mol. The van der Waals surface area contributed by atoms with Crippen LogP contribution in [-0.4, -0.2) is 38.3 Å². The van der Waals surface area contributed by atoms with Gasteiger partial charge in [0.15, 0.2) is 0 Å². The fourth-order valence-corrected chi connectivity index (χ4v) is 2.00. The van der Waals surface area contributed by atoms with E-state index >= 15 is 0 Å². The summed E-state index contributed by atoms with van der Waals surface area (Å²) in [6, 6.07) is 2.08. The van der Waals surface area contributed by atoms with Crippen molar-refractivity contribution >= 4 is 0 Å². The largest absolute Gasteiger partial charge is 0.302 e. The van der Waals surface area contributed by atoms with Gasteiger partial charge >= 0.3 is 0 Å². The smallest absolute Gasteiger partial charge is 0.136 e. The van der Waals surface area contributed by atoms with Crippen LogP contribution >= 0.6 is 0 Å². The lowest BCUT2D eigenvalue weighted by atomic mass is 10.4. The summed E-state index contributed by atoms with van der Waals surface area (Å²) in [5.74, 6) is 2.10. The van der Waals surface area contributed by atoms with Crippen molar-refractivity contribution in [2.75, 3.05) is 14.1 Å². The highest BCUT2D eigenvalue weighted by Crippen LogP contribution is 2.15. The number of hydrogen-bond acceptors (Lipinski definition) is 3. The Labute approximate surface area is 102 Å². The van der Waals surface area contributed by atoms with E-state index in [1.54, 1.807) is 0 Å². The van der Waals surface area contributed by atoms with Gasteiger partial charge in [0.25, 0.3) is 0 Å². The van der Waals surface area contributed by atoms with E-state index in [4.69, 9.17) is 0 Å². The Balaban J connectivity index is 2.50. The number of aryl methyl sites for hydroxylation is 3. The van der Waals surface area contributed by atoms with Crippen LogP contribution in [0.15, 0.2) is 12.3 Å². The van der Waals surface area contributed by atoms with Crippen molar-refractivity contribution in [3.05, 3.63) is 29.5 Å². The van der Waals surface area contributed by atoms with Crippen LogP contribution in [-0.2, 0) is 13.6 Å². The van der Waals surface area contributed by atoms with Crippen LogP contribution in [0.5, 0.6) is 0 Å². The molecule has 0 fully saturated rings. The van der Waals surface area contributed by atoms with Crippen LogP contribution in [0.2, 0.25) is 0 Å². The molecule has 0 aliphatic rings. The molecule has 2 aromatic heterocycles. The molecule has 2 aromatic rings. The number of imidazole rings is 1. The van der Waals surface area contributed by atoms with Gasteiger partial charge in [-0.25, -0.2) is 4.98 Å². The third-order valence-corrected chi connectivity index (χ3v) is 2.68. The summed E-state index contributed by atoms with van der Waals surface area (Å²) >= 11 is 0. The Morgan fingerprint density at radius 1 is 1.29 bits per heavy atom. The van der Waals surface area contributed by atoms with E-state index in [0.717, 1.165) is 29.6 Å². The van der Waals surface area contributed by atoms with Gasteiger partial charge in [-0.2, -0.15) is 5.10 Å². The first kappa shape index (κ1) is 11.9. The topological polar surface area (TPSA) is 38.9 Å². The van der Waals surface area contributed by atoms with Gasteiger partial charge in [0.05, 0.1) is 12.2 Å². The Hall–Kier alpha value is -1.62. The fourth-order valence-electron chi connectivity index (χ4n) is 2.00. The summed E-state index contributed by atoms with van der Waals surface area (Å²) in [5, 5.41) is 4.38. The maximum atomic E-state index is 4.46. The zero-order valence-electron chi connectivity index (χ0n) is 11.1. The Kier molecular flexibility index (Phi) is 3.02. The van der Waals surface area contributed by atoms with Gasteiger partial charge in [-0.15, -0.1) is 0 Å². The number of aromatic nitrogens is 4. The second kappa shape index (κ2) is 4.33. The van der Waals surface area contributed by atoms with Crippen molar-refractivity contribution in [1.82, 2.24) is 24.2 Å². The standard InChI is InChI=1S/C12H19N5/c1-9-6-12(16(5)14-9)17-10(2)7-13-11(17)8-15(3)4/h6-7H,8H2,1-5H3. The van der Waals surface area contributed by atoms with E-state index in [1.807, 2.05) is 38.9 Å². The van der Waals surface area contributed by atoms with Crippen molar-refractivity contribution in [2.45, 2.75) is 20.4 Å². The molecule has 0 aliphatic carbocycles. The molecule has 0 atom stereocenters. The van der Waals surface area contributed by atoms with E-state index in [2.05, 4.69) is 32.5 Å². The van der Waals surface area contributed by atoms with Gasteiger partial charge in [0.1, 0.15) is 11.6 Å². The summed E-state index contributed by atoms with van der Waals surface area (Å²) in [4.78, 5) is 6.58. The maximum Gasteiger partial charge on any atom is 0.136 e. The molecule has 0 saturated carbocycles. The summed E-state index contributed by atoms with van der Waals surface area (Å²) in [6.07, 6.45) is 1.90. The van der Waals surface area contributed by atoms with Gasteiger partial charge in [0, 0.05) is 25.0 Å². The molecule has 0 saturated heterocycles. The summed E-state index contributed by atoms with van der Waals surface area (Å²) in [5.41, 5.74) is 2.15. The number of rotatable bonds is 3. The molecule has 0 radical (unpaired) electrons.